The van der Waals surface area contributed by atoms with E-state index < -0.39 is 11.6 Å². The van der Waals surface area contributed by atoms with E-state index in [1.54, 1.807) is 11.0 Å². The van der Waals surface area contributed by atoms with Crippen molar-refractivity contribution in [2.75, 3.05) is 31.1 Å². The number of carbonyl (C=O) groups is 1. The van der Waals surface area contributed by atoms with Crippen molar-refractivity contribution in [1.82, 2.24) is 15.1 Å². The fraction of sp³-hybridized carbons (Fsp3) is 0.450. The van der Waals surface area contributed by atoms with Gasteiger partial charge in [-0.05, 0) is 36.5 Å². The highest BCUT2D eigenvalue weighted by molar-refractivity contribution is 6.29. The van der Waals surface area contributed by atoms with Gasteiger partial charge in [-0.3, -0.25) is 4.79 Å². The standard InChI is InChI=1S/C20H19ClF2N4O2/c21-18-8-17-20(25-24-18)27-4-3-26(9-13(27)10-29-17)19(28)7-14-15(22)5-12(6-16(14)23)11-1-2-11/h5-6,8,11,13H,1-4,7,9-10H2. The van der Waals surface area contributed by atoms with Crippen LogP contribution in [0.3, 0.4) is 0 Å². The first-order valence-corrected chi connectivity index (χ1v) is 10.1. The molecule has 0 radical (unpaired) electrons. The number of carbonyl (C=O) groups excluding carboxylic acids is 1. The number of benzene rings is 1. The van der Waals surface area contributed by atoms with E-state index in [1.165, 1.54) is 12.1 Å². The maximum atomic E-state index is 14.4. The minimum Gasteiger partial charge on any atom is -0.487 e. The lowest BCUT2D eigenvalue weighted by Crippen LogP contribution is -2.59. The van der Waals surface area contributed by atoms with Crippen molar-refractivity contribution in [2.24, 2.45) is 0 Å². The topological polar surface area (TPSA) is 58.6 Å². The highest BCUT2D eigenvalue weighted by atomic mass is 35.5. The molecule has 29 heavy (non-hydrogen) atoms. The summed E-state index contributed by atoms with van der Waals surface area (Å²) < 4.78 is 34.6. The van der Waals surface area contributed by atoms with E-state index in [-0.39, 0.29) is 35.0 Å². The SMILES string of the molecule is O=C(Cc1c(F)cc(C2CC2)cc1F)N1CCN2c3nnc(Cl)cc3OCC2C1. The van der Waals surface area contributed by atoms with E-state index >= 15 is 0 Å². The largest absolute Gasteiger partial charge is 0.487 e. The zero-order chi connectivity index (χ0) is 20.1. The predicted molar refractivity (Wildman–Crippen MR) is 102 cm³/mol. The molecule has 6 nitrogen and oxygen atoms in total. The monoisotopic (exact) mass is 420 g/mol. The second-order valence-corrected chi connectivity index (χ2v) is 8.15. The molecule has 1 aliphatic carbocycles. The van der Waals surface area contributed by atoms with Gasteiger partial charge in [-0.2, -0.15) is 0 Å². The molecule has 1 atom stereocenters. The summed E-state index contributed by atoms with van der Waals surface area (Å²) in [5, 5.41) is 8.23. The number of rotatable bonds is 3. The van der Waals surface area contributed by atoms with Gasteiger partial charge in [0.05, 0.1) is 12.5 Å². The molecule has 1 aromatic heterocycles. The van der Waals surface area contributed by atoms with Crippen molar-refractivity contribution in [3.63, 3.8) is 0 Å². The van der Waals surface area contributed by atoms with Crippen LogP contribution in [0.5, 0.6) is 5.75 Å². The molecule has 1 amide bonds. The van der Waals surface area contributed by atoms with Gasteiger partial charge in [0.1, 0.15) is 18.2 Å². The Bertz CT molecular complexity index is 962. The van der Waals surface area contributed by atoms with Crippen LogP contribution in [-0.2, 0) is 11.2 Å². The highest BCUT2D eigenvalue weighted by Crippen LogP contribution is 2.41. The van der Waals surface area contributed by atoms with Crippen LogP contribution >= 0.6 is 11.6 Å². The Morgan fingerprint density at radius 2 is 1.93 bits per heavy atom. The van der Waals surface area contributed by atoms with Crippen molar-refractivity contribution in [3.8, 4) is 5.75 Å². The summed E-state index contributed by atoms with van der Waals surface area (Å²) in [6.45, 7) is 1.74. The maximum absolute atomic E-state index is 14.4. The molecule has 0 bridgehead atoms. The lowest BCUT2D eigenvalue weighted by molar-refractivity contribution is -0.131. The molecule has 3 aliphatic rings. The Hall–Kier alpha value is -2.48. The maximum Gasteiger partial charge on any atom is 0.227 e. The number of piperazine rings is 1. The number of nitrogens with zero attached hydrogens (tertiary/aromatic N) is 4. The van der Waals surface area contributed by atoms with Crippen molar-refractivity contribution in [3.05, 3.63) is 46.1 Å². The summed E-state index contributed by atoms with van der Waals surface area (Å²) in [6, 6.07) is 4.27. The molecule has 9 heteroatoms. The summed E-state index contributed by atoms with van der Waals surface area (Å²) in [6.07, 6.45) is 1.64. The summed E-state index contributed by atoms with van der Waals surface area (Å²) in [5.74, 6) is -0.146. The molecule has 1 aromatic carbocycles. The van der Waals surface area contributed by atoms with Crippen LogP contribution in [0.2, 0.25) is 5.15 Å². The van der Waals surface area contributed by atoms with Crippen LogP contribution in [0.15, 0.2) is 18.2 Å². The lowest BCUT2D eigenvalue weighted by atomic mass is 10.0. The normalized spacial score (nSPS) is 20.7. The van der Waals surface area contributed by atoms with E-state index in [2.05, 4.69) is 10.2 Å². The summed E-state index contributed by atoms with van der Waals surface area (Å²) in [5.41, 5.74) is 0.525. The first-order chi connectivity index (χ1) is 14.0. The van der Waals surface area contributed by atoms with E-state index in [0.29, 0.717) is 43.4 Å². The van der Waals surface area contributed by atoms with Crippen LogP contribution in [-0.4, -0.2) is 53.3 Å². The van der Waals surface area contributed by atoms with Gasteiger partial charge in [0.15, 0.2) is 16.7 Å². The third kappa shape index (κ3) is 3.50. The number of anilines is 1. The Morgan fingerprint density at radius 3 is 2.66 bits per heavy atom. The number of hydrogen-bond acceptors (Lipinski definition) is 5. The third-order valence-electron chi connectivity index (χ3n) is 5.79. The van der Waals surface area contributed by atoms with E-state index in [0.717, 1.165) is 12.8 Å². The molecule has 2 fully saturated rings. The average molecular weight is 421 g/mol. The first-order valence-electron chi connectivity index (χ1n) is 9.68. The molecular formula is C20H19ClF2N4O2. The van der Waals surface area contributed by atoms with Crippen LogP contribution < -0.4 is 9.64 Å². The number of amides is 1. The van der Waals surface area contributed by atoms with Gasteiger partial charge >= 0.3 is 0 Å². The molecule has 0 N–H and O–H groups in total. The predicted octanol–water partition coefficient (Wildman–Crippen LogP) is 2.94. The van der Waals surface area contributed by atoms with Gasteiger partial charge in [0.25, 0.3) is 0 Å². The van der Waals surface area contributed by atoms with Crippen LogP contribution in [0.25, 0.3) is 0 Å². The molecule has 152 valence electrons. The fourth-order valence-electron chi connectivity index (χ4n) is 4.05. The van der Waals surface area contributed by atoms with Crippen molar-refractivity contribution >= 4 is 23.3 Å². The second-order valence-electron chi connectivity index (χ2n) is 7.77. The quantitative estimate of drug-likeness (QED) is 0.764. The van der Waals surface area contributed by atoms with Gasteiger partial charge in [-0.15, -0.1) is 10.2 Å². The number of fused-ring (bicyclic) bond motifs is 3. The van der Waals surface area contributed by atoms with Crippen molar-refractivity contribution in [2.45, 2.75) is 31.2 Å². The minimum absolute atomic E-state index is 0.0948. The molecule has 2 aromatic rings. The van der Waals surface area contributed by atoms with Crippen molar-refractivity contribution < 1.29 is 18.3 Å². The number of hydrogen-bond donors (Lipinski definition) is 0. The van der Waals surface area contributed by atoms with Gasteiger partial charge in [-0.25, -0.2) is 8.78 Å². The summed E-state index contributed by atoms with van der Waals surface area (Å²) >= 11 is 5.86. The molecule has 1 saturated carbocycles. The molecule has 0 spiro atoms. The molecule has 3 heterocycles. The number of halogens is 3. The summed E-state index contributed by atoms with van der Waals surface area (Å²) in [4.78, 5) is 16.4. The molecule has 2 aliphatic heterocycles. The molecule has 1 saturated heterocycles. The smallest absolute Gasteiger partial charge is 0.227 e. The van der Waals surface area contributed by atoms with Crippen LogP contribution in [0.1, 0.15) is 29.9 Å². The van der Waals surface area contributed by atoms with E-state index in [4.69, 9.17) is 16.3 Å². The third-order valence-corrected chi connectivity index (χ3v) is 5.97. The Labute approximate surface area is 171 Å². The Kier molecular flexibility index (Phi) is 4.53. The number of aromatic nitrogens is 2. The lowest BCUT2D eigenvalue weighted by Gasteiger charge is -2.44. The van der Waals surface area contributed by atoms with Gasteiger partial charge in [0.2, 0.25) is 5.91 Å². The summed E-state index contributed by atoms with van der Waals surface area (Å²) in [7, 11) is 0. The van der Waals surface area contributed by atoms with Gasteiger partial charge < -0.3 is 14.5 Å². The minimum atomic E-state index is -0.638. The molecule has 5 rings (SSSR count). The van der Waals surface area contributed by atoms with Gasteiger partial charge in [0, 0.05) is 31.3 Å². The Morgan fingerprint density at radius 1 is 1.17 bits per heavy atom. The highest BCUT2D eigenvalue weighted by Gasteiger charge is 2.36. The molecular weight excluding hydrogens is 402 g/mol. The zero-order valence-electron chi connectivity index (χ0n) is 15.6. The fourth-order valence-corrected chi connectivity index (χ4v) is 4.18. The van der Waals surface area contributed by atoms with Crippen molar-refractivity contribution in [1.29, 1.82) is 0 Å². The van der Waals surface area contributed by atoms with E-state index in [9.17, 15) is 13.6 Å². The first kappa shape index (κ1) is 18.5. The van der Waals surface area contributed by atoms with Crippen LogP contribution in [0.4, 0.5) is 14.6 Å². The van der Waals surface area contributed by atoms with E-state index in [1.807, 2.05) is 4.90 Å². The van der Waals surface area contributed by atoms with Gasteiger partial charge in [-0.1, -0.05) is 11.6 Å². The number of ether oxygens (including phenoxy) is 1. The molecule has 1 unspecified atom stereocenters. The van der Waals surface area contributed by atoms with Crippen LogP contribution in [0, 0.1) is 11.6 Å². The average Bonchev–Trinajstić information content (AvgIpc) is 3.55. The Balaban J connectivity index is 1.29. The second kappa shape index (κ2) is 7.09. The zero-order valence-corrected chi connectivity index (χ0v) is 16.3.